The standard InChI is InChI=1S/C14H11BrF3NO/c1-8-5-6-11(19(14(8)20)7-12(17)18)13-9(15)3-2-4-10(13)16/h2-6,12H,7H2,1H3. The van der Waals surface area contributed by atoms with Crippen LogP contribution in [0.25, 0.3) is 11.3 Å². The van der Waals surface area contributed by atoms with Crippen LogP contribution in [0.3, 0.4) is 0 Å². The zero-order valence-corrected chi connectivity index (χ0v) is 12.1. The third-order valence-corrected chi connectivity index (χ3v) is 3.56. The molecule has 0 amide bonds. The van der Waals surface area contributed by atoms with E-state index in [4.69, 9.17) is 0 Å². The Morgan fingerprint density at radius 3 is 2.55 bits per heavy atom. The van der Waals surface area contributed by atoms with Gasteiger partial charge in [-0.25, -0.2) is 13.2 Å². The number of hydrogen-bond acceptors (Lipinski definition) is 1. The van der Waals surface area contributed by atoms with Gasteiger partial charge in [-0.2, -0.15) is 0 Å². The van der Waals surface area contributed by atoms with E-state index < -0.39 is 24.3 Å². The second-order valence-electron chi connectivity index (χ2n) is 4.31. The van der Waals surface area contributed by atoms with E-state index in [1.54, 1.807) is 6.07 Å². The predicted octanol–water partition coefficient (Wildman–Crippen LogP) is 3.99. The molecule has 20 heavy (non-hydrogen) atoms. The molecule has 0 radical (unpaired) electrons. The summed E-state index contributed by atoms with van der Waals surface area (Å²) >= 11 is 3.18. The first-order valence-corrected chi connectivity index (χ1v) is 6.64. The van der Waals surface area contributed by atoms with Gasteiger partial charge in [0.15, 0.2) is 0 Å². The van der Waals surface area contributed by atoms with Gasteiger partial charge in [0.2, 0.25) is 0 Å². The van der Waals surface area contributed by atoms with Crippen molar-refractivity contribution in [2.24, 2.45) is 0 Å². The van der Waals surface area contributed by atoms with Gasteiger partial charge in [-0.15, -0.1) is 0 Å². The van der Waals surface area contributed by atoms with Crippen LogP contribution in [0.4, 0.5) is 13.2 Å². The fourth-order valence-corrected chi connectivity index (χ4v) is 2.51. The van der Waals surface area contributed by atoms with Crippen molar-refractivity contribution >= 4 is 15.9 Å². The van der Waals surface area contributed by atoms with Gasteiger partial charge in [-0.05, 0) is 41.1 Å². The number of rotatable bonds is 3. The van der Waals surface area contributed by atoms with Gasteiger partial charge in [-0.3, -0.25) is 4.79 Å². The minimum atomic E-state index is -2.70. The normalized spacial score (nSPS) is 11.1. The molecule has 2 nitrogen and oxygen atoms in total. The number of halogens is 4. The fraction of sp³-hybridized carbons (Fsp3) is 0.214. The Morgan fingerprint density at radius 2 is 1.95 bits per heavy atom. The molecular weight excluding hydrogens is 335 g/mol. The molecule has 0 unspecified atom stereocenters. The molecule has 2 rings (SSSR count). The van der Waals surface area contributed by atoms with E-state index in [2.05, 4.69) is 15.9 Å². The van der Waals surface area contributed by atoms with Gasteiger partial charge in [0.1, 0.15) is 5.82 Å². The maximum Gasteiger partial charge on any atom is 0.256 e. The summed E-state index contributed by atoms with van der Waals surface area (Å²) in [4.78, 5) is 12.0. The maximum absolute atomic E-state index is 14.0. The average molecular weight is 346 g/mol. The van der Waals surface area contributed by atoms with Crippen LogP contribution in [0, 0.1) is 12.7 Å². The molecule has 0 spiro atoms. The molecule has 0 aliphatic carbocycles. The Bertz CT molecular complexity index is 677. The van der Waals surface area contributed by atoms with E-state index in [-0.39, 0.29) is 11.3 Å². The average Bonchev–Trinajstić information content (AvgIpc) is 2.37. The maximum atomic E-state index is 14.0. The highest BCUT2D eigenvalue weighted by atomic mass is 79.9. The number of aryl methyl sites for hydroxylation is 1. The molecule has 0 atom stereocenters. The number of aromatic nitrogens is 1. The molecule has 0 saturated heterocycles. The van der Waals surface area contributed by atoms with E-state index in [9.17, 15) is 18.0 Å². The largest absolute Gasteiger partial charge is 0.302 e. The van der Waals surface area contributed by atoms with Gasteiger partial charge >= 0.3 is 0 Å². The molecule has 0 saturated carbocycles. The quantitative estimate of drug-likeness (QED) is 0.824. The summed E-state index contributed by atoms with van der Waals surface area (Å²) in [5, 5.41) is 0. The van der Waals surface area contributed by atoms with Crippen molar-refractivity contribution in [3.05, 3.63) is 56.5 Å². The third-order valence-electron chi connectivity index (χ3n) is 2.90. The molecule has 1 aromatic carbocycles. The molecule has 2 aromatic rings. The minimum Gasteiger partial charge on any atom is -0.302 e. The number of pyridine rings is 1. The van der Waals surface area contributed by atoms with Crippen molar-refractivity contribution in [3.8, 4) is 11.3 Å². The Hall–Kier alpha value is -1.56. The molecule has 0 N–H and O–H groups in total. The zero-order valence-electron chi connectivity index (χ0n) is 10.5. The van der Waals surface area contributed by atoms with Crippen molar-refractivity contribution in [1.29, 1.82) is 0 Å². The van der Waals surface area contributed by atoms with E-state index in [1.807, 2.05) is 0 Å². The summed E-state index contributed by atoms with van der Waals surface area (Å²) in [6.07, 6.45) is -2.70. The molecule has 1 heterocycles. The van der Waals surface area contributed by atoms with Gasteiger partial charge < -0.3 is 4.57 Å². The lowest BCUT2D eigenvalue weighted by molar-refractivity contribution is 0.125. The zero-order chi connectivity index (χ0) is 14.9. The first-order valence-electron chi connectivity index (χ1n) is 5.84. The van der Waals surface area contributed by atoms with Gasteiger partial charge in [0.05, 0.1) is 12.2 Å². The second-order valence-corrected chi connectivity index (χ2v) is 5.16. The minimum absolute atomic E-state index is 0.102. The van der Waals surface area contributed by atoms with Crippen LogP contribution in [-0.2, 0) is 6.54 Å². The number of nitrogens with zero attached hydrogens (tertiary/aromatic N) is 1. The van der Waals surface area contributed by atoms with Crippen molar-refractivity contribution in [2.75, 3.05) is 0 Å². The van der Waals surface area contributed by atoms with Crippen molar-refractivity contribution in [3.63, 3.8) is 0 Å². The first-order chi connectivity index (χ1) is 9.41. The lowest BCUT2D eigenvalue weighted by atomic mass is 10.1. The summed E-state index contributed by atoms with van der Waals surface area (Å²) in [5.74, 6) is -0.578. The monoisotopic (exact) mass is 345 g/mol. The molecule has 6 heteroatoms. The van der Waals surface area contributed by atoms with Crippen molar-refractivity contribution in [2.45, 2.75) is 19.9 Å². The topological polar surface area (TPSA) is 22.0 Å². The van der Waals surface area contributed by atoms with Crippen molar-refractivity contribution < 1.29 is 13.2 Å². The molecule has 0 fully saturated rings. The highest BCUT2D eigenvalue weighted by Gasteiger charge is 2.17. The number of alkyl halides is 2. The smallest absolute Gasteiger partial charge is 0.256 e. The number of benzene rings is 1. The fourth-order valence-electron chi connectivity index (χ4n) is 1.97. The summed E-state index contributed by atoms with van der Waals surface area (Å²) in [6, 6.07) is 7.28. The van der Waals surface area contributed by atoms with Crippen LogP contribution >= 0.6 is 15.9 Å². The molecular formula is C14H11BrF3NO. The van der Waals surface area contributed by atoms with Gasteiger partial charge in [0.25, 0.3) is 12.0 Å². The summed E-state index contributed by atoms with van der Waals surface area (Å²) < 4.78 is 40.6. The van der Waals surface area contributed by atoms with E-state index >= 15 is 0 Å². The number of hydrogen-bond donors (Lipinski definition) is 0. The van der Waals surface area contributed by atoms with Crippen LogP contribution < -0.4 is 5.56 Å². The Balaban J connectivity index is 2.74. The predicted molar refractivity (Wildman–Crippen MR) is 74.5 cm³/mol. The molecule has 1 aromatic heterocycles. The lowest BCUT2D eigenvalue weighted by Crippen LogP contribution is -2.26. The molecule has 0 bridgehead atoms. The van der Waals surface area contributed by atoms with E-state index in [0.717, 1.165) is 4.57 Å². The summed E-state index contributed by atoms with van der Waals surface area (Å²) in [5.41, 5.74) is 0.0240. The Morgan fingerprint density at radius 1 is 1.25 bits per heavy atom. The Kier molecular flexibility index (Phi) is 4.32. The van der Waals surface area contributed by atoms with Crippen LogP contribution in [0.5, 0.6) is 0 Å². The first kappa shape index (κ1) is 14.8. The molecule has 106 valence electrons. The Labute approximate surface area is 122 Å². The molecule has 0 aliphatic rings. The SMILES string of the molecule is Cc1ccc(-c2c(F)cccc2Br)n(CC(F)F)c1=O. The highest BCUT2D eigenvalue weighted by Crippen LogP contribution is 2.30. The summed E-state index contributed by atoms with van der Waals surface area (Å²) in [6.45, 7) is 0.765. The third kappa shape index (κ3) is 2.80. The lowest BCUT2D eigenvalue weighted by Gasteiger charge is -2.15. The van der Waals surface area contributed by atoms with Gasteiger partial charge in [-0.1, -0.05) is 12.1 Å². The van der Waals surface area contributed by atoms with Crippen LogP contribution in [-0.4, -0.2) is 11.0 Å². The highest BCUT2D eigenvalue weighted by molar-refractivity contribution is 9.10. The summed E-state index contributed by atoms with van der Waals surface area (Å²) in [7, 11) is 0. The van der Waals surface area contributed by atoms with Crippen LogP contribution in [0.15, 0.2) is 39.6 Å². The molecule has 0 aliphatic heterocycles. The second kappa shape index (κ2) is 5.83. The van der Waals surface area contributed by atoms with Crippen LogP contribution in [0.2, 0.25) is 0 Å². The van der Waals surface area contributed by atoms with Crippen LogP contribution in [0.1, 0.15) is 5.56 Å². The van der Waals surface area contributed by atoms with Gasteiger partial charge in [0, 0.05) is 15.6 Å². The van der Waals surface area contributed by atoms with Crippen molar-refractivity contribution in [1.82, 2.24) is 4.57 Å². The van der Waals surface area contributed by atoms with E-state index in [1.165, 1.54) is 31.2 Å². The van der Waals surface area contributed by atoms with E-state index in [0.29, 0.717) is 10.0 Å².